The number of methoxy groups -OCH3 is 2. The van der Waals surface area contributed by atoms with Gasteiger partial charge in [0.05, 0.1) is 20.8 Å². The molecule has 1 aliphatic rings. The maximum atomic E-state index is 12.5. The Kier molecular flexibility index (Phi) is 5.21. The van der Waals surface area contributed by atoms with Crippen molar-refractivity contribution in [2.24, 2.45) is 0 Å². The Hall–Kier alpha value is -2.44. The fourth-order valence-corrected chi connectivity index (χ4v) is 2.43. The van der Waals surface area contributed by atoms with E-state index >= 15 is 0 Å². The highest BCUT2D eigenvalue weighted by atomic mass is 16.6. The molecule has 0 bridgehead atoms. The number of carbonyl (C=O) groups is 2. The van der Waals surface area contributed by atoms with Crippen molar-refractivity contribution in [1.82, 2.24) is 4.90 Å². The number of fused-ring (bicyclic) bond motifs is 1. The largest absolute Gasteiger partial charge is 0.497 e. The van der Waals surface area contributed by atoms with Crippen molar-refractivity contribution in [3.05, 3.63) is 23.8 Å². The van der Waals surface area contributed by atoms with Crippen molar-refractivity contribution >= 4 is 12.1 Å². The average Bonchev–Trinajstić information content (AvgIpc) is 2.71. The smallest absolute Gasteiger partial charge is 0.411 e. The number of hydrogen-bond acceptors (Lipinski definition) is 6. The molecule has 1 atom stereocenters. The molecule has 1 aliphatic heterocycles. The van der Waals surface area contributed by atoms with Crippen LogP contribution >= 0.6 is 0 Å². The summed E-state index contributed by atoms with van der Waals surface area (Å²) >= 11 is 0. The molecule has 0 saturated heterocycles. The summed E-state index contributed by atoms with van der Waals surface area (Å²) in [6, 6.07) is 4.15. The Labute approximate surface area is 141 Å². The molecule has 24 heavy (non-hydrogen) atoms. The van der Waals surface area contributed by atoms with Crippen LogP contribution in [0.3, 0.4) is 0 Å². The molecule has 1 unspecified atom stereocenters. The molecule has 0 saturated carbocycles. The molecule has 0 fully saturated rings. The van der Waals surface area contributed by atoms with Crippen LogP contribution in [-0.2, 0) is 14.3 Å². The van der Waals surface area contributed by atoms with Crippen molar-refractivity contribution in [3.8, 4) is 11.5 Å². The monoisotopic (exact) mass is 337 g/mol. The van der Waals surface area contributed by atoms with E-state index in [4.69, 9.17) is 18.9 Å². The van der Waals surface area contributed by atoms with Crippen LogP contribution in [0.5, 0.6) is 11.5 Å². The number of carbonyl (C=O) groups excluding carboxylic acids is 2. The van der Waals surface area contributed by atoms with Gasteiger partial charge in [-0.15, -0.1) is 0 Å². The summed E-state index contributed by atoms with van der Waals surface area (Å²) in [7, 11) is 2.83. The van der Waals surface area contributed by atoms with E-state index in [0.29, 0.717) is 17.1 Å². The highest BCUT2D eigenvalue weighted by Crippen LogP contribution is 2.36. The summed E-state index contributed by atoms with van der Waals surface area (Å²) in [6.45, 7) is 5.74. The zero-order valence-corrected chi connectivity index (χ0v) is 14.6. The lowest BCUT2D eigenvalue weighted by Crippen LogP contribution is -2.43. The fraction of sp³-hybridized carbons (Fsp3) is 0.529. The van der Waals surface area contributed by atoms with Gasteiger partial charge in [-0.05, 0) is 32.9 Å². The summed E-state index contributed by atoms with van der Waals surface area (Å²) in [5.41, 5.74) is -0.140. The molecular weight excluding hydrogens is 314 g/mol. The lowest BCUT2D eigenvalue weighted by Gasteiger charge is -2.30. The van der Waals surface area contributed by atoms with Crippen molar-refractivity contribution in [2.75, 3.05) is 27.4 Å². The van der Waals surface area contributed by atoms with E-state index in [1.807, 2.05) is 0 Å². The van der Waals surface area contributed by atoms with Gasteiger partial charge < -0.3 is 18.9 Å². The Morgan fingerprint density at radius 1 is 1.25 bits per heavy atom. The highest BCUT2D eigenvalue weighted by molar-refractivity contribution is 5.84. The summed E-state index contributed by atoms with van der Waals surface area (Å²) < 4.78 is 21.2. The number of hydrogen-bond donors (Lipinski definition) is 0. The summed E-state index contributed by atoms with van der Waals surface area (Å²) in [6.07, 6.45) is -0.592. The van der Waals surface area contributed by atoms with E-state index in [9.17, 15) is 9.59 Å². The zero-order valence-electron chi connectivity index (χ0n) is 14.6. The van der Waals surface area contributed by atoms with Crippen LogP contribution in [0, 0.1) is 0 Å². The number of ether oxygens (including phenoxy) is 4. The molecule has 0 spiro atoms. The van der Waals surface area contributed by atoms with Crippen LogP contribution in [0.15, 0.2) is 18.2 Å². The second kappa shape index (κ2) is 6.98. The minimum Gasteiger partial charge on any atom is -0.497 e. The minimum absolute atomic E-state index is 0.200. The molecule has 7 nitrogen and oxygen atoms in total. The fourth-order valence-electron chi connectivity index (χ4n) is 2.43. The molecule has 1 aromatic rings. The van der Waals surface area contributed by atoms with E-state index < -0.39 is 23.7 Å². The van der Waals surface area contributed by atoms with Crippen LogP contribution in [0.1, 0.15) is 32.4 Å². The standard InChI is InChI=1S/C17H23NO6/c1-17(2,3)24-16(20)18-8-9-23-13-10-11(21-4)6-7-12(13)14(18)15(19)22-5/h6-7,10,14H,8-9H2,1-5H3. The third kappa shape index (κ3) is 3.90. The quantitative estimate of drug-likeness (QED) is 0.772. The highest BCUT2D eigenvalue weighted by Gasteiger charge is 2.38. The number of amides is 1. The van der Waals surface area contributed by atoms with Gasteiger partial charge in [0.25, 0.3) is 0 Å². The molecule has 1 aromatic carbocycles. The minimum atomic E-state index is -0.937. The van der Waals surface area contributed by atoms with Gasteiger partial charge in [0, 0.05) is 11.6 Å². The van der Waals surface area contributed by atoms with Crippen molar-refractivity contribution < 1.29 is 28.5 Å². The normalized spacial score (nSPS) is 17.2. The molecule has 0 radical (unpaired) electrons. The third-order valence-electron chi connectivity index (χ3n) is 3.47. The third-order valence-corrected chi connectivity index (χ3v) is 3.47. The van der Waals surface area contributed by atoms with Gasteiger partial charge in [-0.25, -0.2) is 9.59 Å². The van der Waals surface area contributed by atoms with Gasteiger partial charge in [0.2, 0.25) is 0 Å². The zero-order chi connectivity index (χ0) is 17.9. The first kappa shape index (κ1) is 17.9. The van der Waals surface area contributed by atoms with Crippen LogP contribution in [0.25, 0.3) is 0 Å². The van der Waals surface area contributed by atoms with Crippen LogP contribution in [0.4, 0.5) is 4.79 Å². The van der Waals surface area contributed by atoms with Crippen molar-refractivity contribution in [2.45, 2.75) is 32.4 Å². The summed E-state index contributed by atoms with van der Waals surface area (Å²) in [4.78, 5) is 26.2. The number of rotatable bonds is 2. The van der Waals surface area contributed by atoms with E-state index in [-0.39, 0.29) is 13.2 Å². The van der Waals surface area contributed by atoms with Gasteiger partial charge in [0.1, 0.15) is 23.7 Å². The molecule has 1 heterocycles. The summed E-state index contributed by atoms with van der Waals surface area (Å²) in [5.74, 6) is 0.525. The van der Waals surface area contributed by atoms with Gasteiger partial charge in [0.15, 0.2) is 6.04 Å². The number of benzene rings is 1. The Bertz CT molecular complexity index is 622. The number of esters is 1. The van der Waals surface area contributed by atoms with Crippen molar-refractivity contribution in [3.63, 3.8) is 0 Å². The molecule has 1 amide bonds. The second-order valence-electron chi connectivity index (χ2n) is 6.35. The van der Waals surface area contributed by atoms with E-state index in [1.165, 1.54) is 12.0 Å². The lowest BCUT2D eigenvalue weighted by atomic mass is 10.0. The topological polar surface area (TPSA) is 74.3 Å². The first-order chi connectivity index (χ1) is 11.3. The molecule has 0 aliphatic carbocycles. The molecule has 7 heteroatoms. The second-order valence-corrected chi connectivity index (χ2v) is 6.35. The van der Waals surface area contributed by atoms with Gasteiger partial charge in [-0.3, -0.25) is 4.90 Å². The Morgan fingerprint density at radius 2 is 1.96 bits per heavy atom. The van der Waals surface area contributed by atoms with E-state index in [1.54, 1.807) is 46.1 Å². The molecule has 132 valence electrons. The van der Waals surface area contributed by atoms with E-state index in [0.717, 1.165) is 0 Å². The number of nitrogens with zero attached hydrogens (tertiary/aromatic N) is 1. The van der Waals surface area contributed by atoms with Crippen LogP contribution < -0.4 is 9.47 Å². The Balaban J connectivity index is 2.44. The molecular formula is C17H23NO6. The average molecular weight is 337 g/mol. The first-order valence-electron chi connectivity index (χ1n) is 7.65. The predicted molar refractivity (Wildman–Crippen MR) is 86.2 cm³/mol. The van der Waals surface area contributed by atoms with E-state index in [2.05, 4.69) is 0 Å². The molecule has 2 rings (SSSR count). The maximum absolute atomic E-state index is 12.5. The predicted octanol–water partition coefficient (Wildman–Crippen LogP) is 2.54. The Morgan fingerprint density at radius 3 is 2.54 bits per heavy atom. The van der Waals surface area contributed by atoms with Crippen molar-refractivity contribution in [1.29, 1.82) is 0 Å². The SMILES string of the molecule is COC(=O)C1c2ccc(OC)cc2OCCN1C(=O)OC(C)(C)C. The van der Waals surface area contributed by atoms with Gasteiger partial charge in [-0.1, -0.05) is 0 Å². The maximum Gasteiger partial charge on any atom is 0.411 e. The van der Waals surface area contributed by atoms with Gasteiger partial charge in [-0.2, -0.15) is 0 Å². The first-order valence-corrected chi connectivity index (χ1v) is 7.65. The van der Waals surface area contributed by atoms with Crippen LogP contribution in [-0.4, -0.2) is 49.9 Å². The molecule has 0 aromatic heterocycles. The van der Waals surface area contributed by atoms with Crippen LogP contribution in [0.2, 0.25) is 0 Å². The van der Waals surface area contributed by atoms with Gasteiger partial charge >= 0.3 is 12.1 Å². The molecule has 0 N–H and O–H groups in total. The lowest BCUT2D eigenvalue weighted by molar-refractivity contribution is -0.147. The summed E-state index contributed by atoms with van der Waals surface area (Å²) in [5, 5.41) is 0.